The largest absolute Gasteiger partial charge is 0.494 e. The quantitative estimate of drug-likeness (QED) is 0.300. The van der Waals surface area contributed by atoms with Gasteiger partial charge in [0.15, 0.2) is 11.5 Å². The maximum atomic E-state index is 13.2. The Morgan fingerprint density at radius 3 is 2.32 bits per heavy atom. The molecule has 4 rings (SSSR count). The minimum absolute atomic E-state index is 0.191. The second-order valence-electron chi connectivity index (χ2n) is 7.94. The summed E-state index contributed by atoms with van der Waals surface area (Å²) in [5, 5.41) is 2.84. The number of benzene rings is 3. The molecule has 0 unspecified atom stereocenters. The Hall–Kier alpha value is -4.30. The van der Waals surface area contributed by atoms with Gasteiger partial charge in [-0.05, 0) is 79.6 Å². The van der Waals surface area contributed by atoms with Crippen LogP contribution in [0.2, 0.25) is 5.02 Å². The monoisotopic (exact) mass is 520 g/mol. The van der Waals surface area contributed by atoms with Gasteiger partial charge in [-0.2, -0.15) is 0 Å². The van der Waals surface area contributed by atoms with Crippen molar-refractivity contribution in [1.29, 1.82) is 0 Å². The molecule has 0 bridgehead atoms. The lowest BCUT2D eigenvalue weighted by molar-refractivity contribution is -0.122. The first-order valence-electron chi connectivity index (χ1n) is 11.7. The fourth-order valence-corrected chi connectivity index (χ4v) is 3.92. The first kappa shape index (κ1) is 25.8. The van der Waals surface area contributed by atoms with Crippen molar-refractivity contribution in [3.8, 4) is 17.2 Å². The van der Waals surface area contributed by atoms with Gasteiger partial charge in [0, 0.05) is 5.02 Å². The van der Waals surface area contributed by atoms with Crippen molar-refractivity contribution < 1.29 is 28.6 Å². The zero-order valence-corrected chi connectivity index (χ0v) is 21.1. The molecule has 0 spiro atoms. The lowest BCUT2D eigenvalue weighted by Gasteiger charge is -2.26. The summed E-state index contributed by atoms with van der Waals surface area (Å²) in [6.07, 6.45) is 1.41. The van der Waals surface area contributed by atoms with Crippen molar-refractivity contribution in [2.24, 2.45) is 0 Å². The zero-order chi connectivity index (χ0) is 26.4. The fourth-order valence-electron chi connectivity index (χ4n) is 3.71. The molecule has 1 aliphatic rings. The lowest BCUT2D eigenvalue weighted by Crippen LogP contribution is -2.54. The molecule has 3 aromatic rings. The molecule has 1 fully saturated rings. The molecule has 0 aliphatic carbocycles. The van der Waals surface area contributed by atoms with Crippen molar-refractivity contribution in [1.82, 2.24) is 5.32 Å². The number of amides is 4. The van der Waals surface area contributed by atoms with Gasteiger partial charge >= 0.3 is 6.03 Å². The number of nitrogens with one attached hydrogen (secondary N) is 1. The molecule has 190 valence electrons. The smallest absolute Gasteiger partial charge is 0.335 e. The molecule has 37 heavy (non-hydrogen) atoms. The van der Waals surface area contributed by atoms with Crippen LogP contribution in [0.25, 0.3) is 6.08 Å². The molecule has 0 atom stereocenters. The van der Waals surface area contributed by atoms with Crippen molar-refractivity contribution in [2.45, 2.75) is 20.5 Å². The Balaban J connectivity index is 1.59. The maximum Gasteiger partial charge on any atom is 0.335 e. The molecule has 8 nitrogen and oxygen atoms in total. The van der Waals surface area contributed by atoms with E-state index in [1.165, 1.54) is 6.08 Å². The molecule has 4 amide bonds. The molecule has 1 aliphatic heterocycles. The normalized spacial score (nSPS) is 14.5. The minimum atomic E-state index is -0.823. The van der Waals surface area contributed by atoms with Gasteiger partial charge in [-0.25, -0.2) is 9.69 Å². The zero-order valence-electron chi connectivity index (χ0n) is 20.3. The summed E-state index contributed by atoms with van der Waals surface area (Å²) in [5.41, 5.74) is 1.54. The van der Waals surface area contributed by atoms with E-state index in [0.717, 1.165) is 10.5 Å². The fraction of sp³-hybridized carbons (Fsp3) is 0.179. The van der Waals surface area contributed by atoms with E-state index in [0.29, 0.717) is 46.7 Å². The molecule has 1 N–H and O–H groups in total. The third-order valence-corrected chi connectivity index (χ3v) is 5.60. The van der Waals surface area contributed by atoms with Gasteiger partial charge in [0.2, 0.25) is 0 Å². The maximum absolute atomic E-state index is 13.2. The van der Waals surface area contributed by atoms with Crippen LogP contribution in [0.4, 0.5) is 10.5 Å². The first-order valence-corrected chi connectivity index (χ1v) is 12.1. The number of rotatable bonds is 9. The highest BCUT2D eigenvalue weighted by atomic mass is 35.5. The number of hydrogen-bond donors (Lipinski definition) is 1. The van der Waals surface area contributed by atoms with E-state index in [-0.39, 0.29) is 12.2 Å². The Bertz CT molecular complexity index is 1350. The second kappa shape index (κ2) is 11.6. The first-order chi connectivity index (χ1) is 17.9. The predicted octanol–water partition coefficient (Wildman–Crippen LogP) is 5.38. The average molecular weight is 521 g/mol. The van der Waals surface area contributed by atoms with E-state index < -0.39 is 17.8 Å². The third kappa shape index (κ3) is 6.10. The van der Waals surface area contributed by atoms with Crippen LogP contribution >= 0.6 is 11.6 Å². The van der Waals surface area contributed by atoms with Crippen LogP contribution in [-0.2, 0) is 16.2 Å². The van der Waals surface area contributed by atoms with E-state index in [9.17, 15) is 14.4 Å². The van der Waals surface area contributed by atoms with Gasteiger partial charge in [0.05, 0.1) is 18.9 Å². The number of nitrogens with zero attached hydrogens (tertiary/aromatic N) is 1. The molecule has 1 heterocycles. The van der Waals surface area contributed by atoms with Crippen LogP contribution in [0.1, 0.15) is 25.0 Å². The predicted molar refractivity (Wildman–Crippen MR) is 140 cm³/mol. The van der Waals surface area contributed by atoms with Crippen molar-refractivity contribution in [3.63, 3.8) is 0 Å². The second-order valence-corrected chi connectivity index (χ2v) is 8.38. The highest BCUT2D eigenvalue weighted by Gasteiger charge is 2.36. The standard InChI is InChI=1S/C28H25ClN2O6/c1-3-35-22-11-9-21(10-12-22)31-27(33)23(26(32)30-28(31)34)15-18-8-13-24(25(16-18)36-4-2)37-17-19-6-5-7-20(29)14-19/h5-16H,3-4,17H2,1-2H3,(H,30,32,34)/b23-15+. The van der Waals surface area contributed by atoms with Crippen LogP contribution < -0.4 is 24.4 Å². The van der Waals surface area contributed by atoms with Crippen LogP contribution in [0, 0.1) is 0 Å². The number of hydrogen-bond acceptors (Lipinski definition) is 6. The van der Waals surface area contributed by atoms with Gasteiger partial charge in [0.1, 0.15) is 17.9 Å². The SMILES string of the molecule is CCOc1ccc(N2C(=O)NC(=O)/C(=C\c3ccc(OCc4cccc(Cl)c4)c(OCC)c3)C2=O)cc1. The summed E-state index contributed by atoms with van der Waals surface area (Å²) in [5.74, 6) is 0.0224. The van der Waals surface area contributed by atoms with Crippen LogP contribution in [-0.4, -0.2) is 31.1 Å². The van der Waals surface area contributed by atoms with Crippen LogP contribution in [0.3, 0.4) is 0 Å². The van der Waals surface area contributed by atoms with Gasteiger partial charge in [-0.3, -0.25) is 14.9 Å². The summed E-state index contributed by atoms with van der Waals surface area (Å²) in [7, 11) is 0. The number of anilines is 1. The highest BCUT2D eigenvalue weighted by molar-refractivity contribution is 6.39. The molecule has 3 aromatic carbocycles. The van der Waals surface area contributed by atoms with E-state index in [2.05, 4.69) is 5.32 Å². The molecule has 0 radical (unpaired) electrons. The summed E-state index contributed by atoms with van der Waals surface area (Å²) >= 11 is 6.05. The van der Waals surface area contributed by atoms with Crippen molar-refractivity contribution in [2.75, 3.05) is 18.1 Å². The number of halogens is 1. The van der Waals surface area contributed by atoms with Crippen LogP contribution in [0.5, 0.6) is 17.2 Å². The average Bonchev–Trinajstić information content (AvgIpc) is 2.87. The Morgan fingerprint density at radius 1 is 0.865 bits per heavy atom. The van der Waals surface area contributed by atoms with Gasteiger partial charge < -0.3 is 14.2 Å². The lowest BCUT2D eigenvalue weighted by atomic mass is 10.1. The number of carbonyl (C=O) groups excluding carboxylic acids is 3. The molecule has 0 aromatic heterocycles. The summed E-state index contributed by atoms with van der Waals surface area (Å²) in [4.78, 5) is 39.2. The van der Waals surface area contributed by atoms with Crippen LogP contribution in [0.15, 0.2) is 72.3 Å². The van der Waals surface area contributed by atoms with E-state index in [1.54, 1.807) is 48.5 Å². The summed E-state index contributed by atoms with van der Waals surface area (Å²) in [6.45, 7) is 4.84. The molecular formula is C28H25ClN2O6. The highest BCUT2D eigenvalue weighted by Crippen LogP contribution is 2.31. The number of urea groups is 1. The van der Waals surface area contributed by atoms with Gasteiger partial charge in [0.25, 0.3) is 11.8 Å². The molecule has 0 saturated carbocycles. The van der Waals surface area contributed by atoms with E-state index in [4.69, 9.17) is 25.8 Å². The molecular weight excluding hydrogens is 496 g/mol. The number of ether oxygens (including phenoxy) is 3. The van der Waals surface area contributed by atoms with E-state index in [1.807, 2.05) is 32.0 Å². The molecule has 1 saturated heterocycles. The van der Waals surface area contributed by atoms with Crippen molar-refractivity contribution in [3.05, 3.63) is 88.5 Å². The molecule has 9 heteroatoms. The minimum Gasteiger partial charge on any atom is -0.494 e. The number of carbonyl (C=O) groups is 3. The Kier molecular flexibility index (Phi) is 8.10. The Labute approximate surface area is 219 Å². The van der Waals surface area contributed by atoms with Gasteiger partial charge in [-0.1, -0.05) is 29.8 Å². The van der Waals surface area contributed by atoms with Gasteiger partial charge in [-0.15, -0.1) is 0 Å². The third-order valence-electron chi connectivity index (χ3n) is 5.37. The summed E-state index contributed by atoms with van der Waals surface area (Å²) in [6, 6.07) is 18.0. The summed E-state index contributed by atoms with van der Waals surface area (Å²) < 4.78 is 17.1. The topological polar surface area (TPSA) is 94.2 Å². The number of imide groups is 2. The Morgan fingerprint density at radius 2 is 1.62 bits per heavy atom. The van der Waals surface area contributed by atoms with E-state index >= 15 is 0 Å². The van der Waals surface area contributed by atoms with Crippen molar-refractivity contribution >= 4 is 41.2 Å². The number of barbiturate groups is 1.